The summed E-state index contributed by atoms with van der Waals surface area (Å²) >= 11 is 0. The minimum absolute atomic E-state index is 0.211. The molecule has 2 saturated heterocycles. The first-order chi connectivity index (χ1) is 6.95. The number of urea groups is 1. The normalized spacial score (nSPS) is 45.4. The number of carbonyl (C=O) groups excluding carboxylic acids is 2. The standard InChI is InChI=1S/C7H10N2O6/c10-2-1-15-4(3(2)11)7(14)5(12)8-6(13)9-7/h2-4,10-11,14H,1H2,(H2,8,9,12,13)/t2-,3-,4-,7?/m0/s1. The number of rotatable bonds is 1. The number of ether oxygens (including phenoxy) is 1. The molecule has 0 spiro atoms. The van der Waals surface area contributed by atoms with E-state index in [4.69, 9.17) is 9.84 Å². The van der Waals surface area contributed by atoms with Crippen molar-refractivity contribution in [1.82, 2.24) is 10.6 Å². The largest absolute Gasteiger partial charge is 0.388 e. The SMILES string of the molecule is O=C1NC(=O)C(O)([C@H]2OC[C@H](O)[C@@H]2O)N1. The number of hydrogen-bond acceptors (Lipinski definition) is 6. The summed E-state index contributed by atoms with van der Waals surface area (Å²) in [6.45, 7) is -0.211. The van der Waals surface area contributed by atoms with Gasteiger partial charge in [-0.1, -0.05) is 0 Å². The topological polar surface area (TPSA) is 128 Å². The van der Waals surface area contributed by atoms with Crippen molar-refractivity contribution in [3.8, 4) is 0 Å². The number of carbonyl (C=O) groups is 2. The highest BCUT2D eigenvalue weighted by molar-refractivity contribution is 6.06. The second-order valence-corrected chi connectivity index (χ2v) is 3.49. The Morgan fingerprint density at radius 1 is 1.40 bits per heavy atom. The molecular formula is C7H10N2O6. The van der Waals surface area contributed by atoms with Crippen molar-refractivity contribution >= 4 is 11.9 Å². The van der Waals surface area contributed by atoms with Crippen molar-refractivity contribution in [1.29, 1.82) is 0 Å². The minimum Gasteiger partial charge on any atom is -0.388 e. The van der Waals surface area contributed by atoms with E-state index in [2.05, 4.69) is 0 Å². The van der Waals surface area contributed by atoms with Gasteiger partial charge in [0.1, 0.15) is 18.3 Å². The molecule has 2 fully saturated rings. The molecule has 15 heavy (non-hydrogen) atoms. The molecule has 0 aromatic rings. The summed E-state index contributed by atoms with van der Waals surface area (Å²) in [5.41, 5.74) is -2.33. The van der Waals surface area contributed by atoms with Gasteiger partial charge in [0.25, 0.3) is 5.91 Å². The third kappa shape index (κ3) is 1.38. The van der Waals surface area contributed by atoms with Crippen LogP contribution >= 0.6 is 0 Å². The molecule has 5 N–H and O–H groups in total. The Balaban J connectivity index is 2.23. The summed E-state index contributed by atoms with van der Waals surface area (Å²) in [5.74, 6) is -1.01. The van der Waals surface area contributed by atoms with Crippen molar-refractivity contribution in [3.63, 3.8) is 0 Å². The maximum Gasteiger partial charge on any atom is 0.324 e. The van der Waals surface area contributed by atoms with Crippen LogP contribution in [0.5, 0.6) is 0 Å². The molecule has 8 heteroatoms. The molecule has 2 rings (SSSR count). The molecule has 0 radical (unpaired) electrons. The molecule has 0 saturated carbocycles. The van der Waals surface area contributed by atoms with E-state index in [1.165, 1.54) is 0 Å². The molecule has 0 bridgehead atoms. The van der Waals surface area contributed by atoms with Crippen LogP contribution in [0.3, 0.4) is 0 Å². The molecule has 0 aliphatic carbocycles. The van der Waals surface area contributed by atoms with Crippen molar-refractivity contribution < 1.29 is 29.6 Å². The maximum absolute atomic E-state index is 11.2. The monoisotopic (exact) mass is 218 g/mol. The van der Waals surface area contributed by atoms with E-state index in [-0.39, 0.29) is 6.61 Å². The van der Waals surface area contributed by atoms with Gasteiger partial charge >= 0.3 is 6.03 Å². The van der Waals surface area contributed by atoms with Crippen molar-refractivity contribution in [2.24, 2.45) is 0 Å². The van der Waals surface area contributed by atoms with Crippen LogP contribution in [0.2, 0.25) is 0 Å². The van der Waals surface area contributed by atoms with Crippen LogP contribution in [0.25, 0.3) is 0 Å². The van der Waals surface area contributed by atoms with E-state index < -0.39 is 36.0 Å². The van der Waals surface area contributed by atoms with Crippen LogP contribution in [0, 0.1) is 0 Å². The highest BCUT2D eigenvalue weighted by Crippen LogP contribution is 2.25. The maximum atomic E-state index is 11.2. The van der Waals surface area contributed by atoms with Gasteiger partial charge in [-0.2, -0.15) is 0 Å². The zero-order valence-electron chi connectivity index (χ0n) is 7.51. The summed E-state index contributed by atoms with van der Waals surface area (Å²) in [5, 5.41) is 32.1. The lowest BCUT2D eigenvalue weighted by atomic mass is 10.0. The van der Waals surface area contributed by atoms with E-state index in [9.17, 15) is 19.8 Å². The Morgan fingerprint density at radius 2 is 2.07 bits per heavy atom. The molecule has 2 heterocycles. The van der Waals surface area contributed by atoms with Gasteiger partial charge in [-0.25, -0.2) is 4.79 Å². The smallest absolute Gasteiger partial charge is 0.324 e. The zero-order chi connectivity index (χ0) is 11.2. The Labute approximate surface area is 83.8 Å². The lowest BCUT2D eigenvalue weighted by molar-refractivity contribution is -0.160. The molecule has 84 valence electrons. The number of hydrogen-bond donors (Lipinski definition) is 5. The average molecular weight is 218 g/mol. The fraction of sp³-hybridized carbons (Fsp3) is 0.714. The molecule has 0 aromatic carbocycles. The fourth-order valence-corrected chi connectivity index (χ4v) is 1.63. The van der Waals surface area contributed by atoms with Gasteiger partial charge in [0.15, 0.2) is 0 Å². The Morgan fingerprint density at radius 3 is 2.47 bits per heavy atom. The summed E-state index contributed by atoms with van der Waals surface area (Å²) in [4.78, 5) is 22.0. The van der Waals surface area contributed by atoms with Crippen LogP contribution in [0.15, 0.2) is 0 Å². The van der Waals surface area contributed by atoms with Crippen molar-refractivity contribution in [3.05, 3.63) is 0 Å². The van der Waals surface area contributed by atoms with Crippen molar-refractivity contribution in [2.45, 2.75) is 24.0 Å². The lowest BCUT2D eigenvalue weighted by Crippen LogP contribution is -2.60. The van der Waals surface area contributed by atoms with E-state index in [1.807, 2.05) is 10.6 Å². The zero-order valence-corrected chi connectivity index (χ0v) is 7.51. The minimum atomic E-state index is -2.33. The fourth-order valence-electron chi connectivity index (χ4n) is 1.63. The number of aliphatic hydroxyl groups is 3. The summed E-state index contributed by atoms with van der Waals surface area (Å²) < 4.78 is 4.86. The van der Waals surface area contributed by atoms with Crippen LogP contribution < -0.4 is 10.6 Å². The summed E-state index contributed by atoms with van der Waals surface area (Å²) in [6.07, 6.45) is -4.00. The van der Waals surface area contributed by atoms with E-state index in [0.29, 0.717) is 0 Å². The molecule has 3 amide bonds. The number of imide groups is 1. The van der Waals surface area contributed by atoms with E-state index in [1.54, 1.807) is 0 Å². The highest BCUT2D eigenvalue weighted by Gasteiger charge is 2.57. The lowest BCUT2D eigenvalue weighted by Gasteiger charge is -2.27. The van der Waals surface area contributed by atoms with Crippen LogP contribution in [0.4, 0.5) is 4.79 Å². The average Bonchev–Trinajstić information content (AvgIpc) is 2.58. The van der Waals surface area contributed by atoms with Crippen LogP contribution in [-0.2, 0) is 9.53 Å². The van der Waals surface area contributed by atoms with Crippen LogP contribution in [-0.4, -0.2) is 57.9 Å². The molecule has 1 unspecified atom stereocenters. The number of aliphatic hydroxyl groups excluding tert-OH is 2. The molecule has 2 aliphatic heterocycles. The van der Waals surface area contributed by atoms with Gasteiger partial charge in [-0.05, 0) is 0 Å². The Hall–Kier alpha value is -1.22. The molecule has 4 atom stereocenters. The highest BCUT2D eigenvalue weighted by atomic mass is 16.5. The van der Waals surface area contributed by atoms with Crippen LogP contribution in [0.1, 0.15) is 0 Å². The van der Waals surface area contributed by atoms with Gasteiger partial charge in [-0.3, -0.25) is 15.4 Å². The third-order valence-corrected chi connectivity index (χ3v) is 2.44. The summed E-state index contributed by atoms with van der Waals surface area (Å²) in [6, 6.07) is -0.875. The second-order valence-electron chi connectivity index (χ2n) is 3.49. The summed E-state index contributed by atoms with van der Waals surface area (Å²) in [7, 11) is 0. The van der Waals surface area contributed by atoms with Gasteiger partial charge in [-0.15, -0.1) is 0 Å². The second kappa shape index (κ2) is 3.14. The van der Waals surface area contributed by atoms with Gasteiger partial charge in [0.05, 0.1) is 6.61 Å². The first-order valence-electron chi connectivity index (χ1n) is 4.29. The van der Waals surface area contributed by atoms with E-state index >= 15 is 0 Å². The first-order valence-corrected chi connectivity index (χ1v) is 4.29. The molecule has 0 aromatic heterocycles. The van der Waals surface area contributed by atoms with E-state index in [0.717, 1.165) is 0 Å². The quantitative estimate of drug-likeness (QED) is 0.292. The number of amides is 3. The predicted molar refractivity (Wildman–Crippen MR) is 43.4 cm³/mol. The van der Waals surface area contributed by atoms with Gasteiger partial charge in [0, 0.05) is 0 Å². The molecular weight excluding hydrogens is 208 g/mol. The molecule has 8 nitrogen and oxygen atoms in total. The van der Waals surface area contributed by atoms with Crippen molar-refractivity contribution in [2.75, 3.05) is 6.61 Å². The number of nitrogens with one attached hydrogen (secondary N) is 2. The predicted octanol–water partition coefficient (Wildman–Crippen LogP) is -3.36. The molecule has 2 aliphatic rings. The Bertz CT molecular complexity index is 321. The van der Waals surface area contributed by atoms with Gasteiger partial charge < -0.3 is 20.1 Å². The van der Waals surface area contributed by atoms with Gasteiger partial charge in [0.2, 0.25) is 5.72 Å². The Kier molecular flexibility index (Phi) is 2.15. The third-order valence-electron chi connectivity index (χ3n) is 2.44. The first kappa shape index (κ1) is 10.3.